The van der Waals surface area contributed by atoms with Crippen molar-refractivity contribution in [3.05, 3.63) is 158 Å². The largest absolute Gasteiger partial charge is 0.456 e. The van der Waals surface area contributed by atoms with Crippen molar-refractivity contribution in [3.63, 3.8) is 0 Å². The molecule has 3 heteroatoms. The molecule has 0 bridgehead atoms. The number of fused-ring (bicyclic) bond motifs is 9. The molecule has 0 radical (unpaired) electrons. The van der Waals surface area contributed by atoms with Gasteiger partial charge in [-0.2, -0.15) is 0 Å². The second kappa shape index (κ2) is 11.1. The zero-order valence-electron chi connectivity index (χ0n) is 28.1. The molecule has 3 nitrogen and oxygen atoms in total. The fourth-order valence-electron chi connectivity index (χ4n) is 8.71. The first kappa shape index (κ1) is 28.5. The average Bonchev–Trinajstić information content (AvgIpc) is 3.85. The molecule has 51 heavy (non-hydrogen) atoms. The molecule has 2 aliphatic rings. The summed E-state index contributed by atoms with van der Waals surface area (Å²) in [5.41, 5.74) is 14.4. The van der Waals surface area contributed by atoms with Crippen molar-refractivity contribution in [2.75, 3.05) is 0 Å². The summed E-state index contributed by atoms with van der Waals surface area (Å²) in [6.45, 7) is 0. The van der Waals surface area contributed by atoms with Gasteiger partial charge in [-0.15, -0.1) is 0 Å². The van der Waals surface area contributed by atoms with Crippen LogP contribution in [0, 0.1) is 0 Å². The third-order valence-corrected chi connectivity index (χ3v) is 11.0. The Morgan fingerprint density at radius 2 is 0.961 bits per heavy atom. The van der Waals surface area contributed by atoms with Gasteiger partial charge < -0.3 is 13.6 Å². The average molecular weight is 655 g/mol. The maximum absolute atomic E-state index is 6.29. The van der Waals surface area contributed by atoms with Gasteiger partial charge in [0.25, 0.3) is 0 Å². The molecule has 3 heterocycles. The minimum atomic E-state index is 0.922. The Bertz CT molecular complexity index is 3020. The van der Waals surface area contributed by atoms with Gasteiger partial charge in [-0.25, -0.2) is 0 Å². The van der Waals surface area contributed by atoms with Crippen molar-refractivity contribution < 1.29 is 4.42 Å². The summed E-state index contributed by atoms with van der Waals surface area (Å²) < 4.78 is 11.2. The van der Waals surface area contributed by atoms with Crippen LogP contribution in [0.2, 0.25) is 0 Å². The second-order valence-corrected chi connectivity index (χ2v) is 13.9. The van der Waals surface area contributed by atoms with Crippen molar-refractivity contribution >= 4 is 76.9 Å². The van der Waals surface area contributed by atoms with Gasteiger partial charge >= 0.3 is 0 Å². The lowest BCUT2D eigenvalue weighted by atomic mass is 9.97. The van der Waals surface area contributed by atoms with Crippen LogP contribution in [0.15, 0.2) is 162 Å². The summed E-state index contributed by atoms with van der Waals surface area (Å²) >= 11 is 0. The third-order valence-electron chi connectivity index (χ3n) is 11.0. The molecule has 3 aromatic heterocycles. The number of rotatable bonds is 4. The molecule has 11 rings (SSSR count). The fraction of sp³-hybridized carbons (Fsp3) is 0.0833. The van der Waals surface area contributed by atoms with Crippen molar-refractivity contribution in [3.8, 4) is 22.3 Å². The Morgan fingerprint density at radius 3 is 1.61 bits per heavy atom. The predicted molar refractivity (Wildman–Crippen MR) is 216 cm³/mol. The van der Waals surface area contributed by atoms with E-state index >= 15 is 0 Å². The molecule has 0 unspecified atom stereocenters. The van der Waals surface area contributed by atoms with Crippen LogP contribution in [0.5, 0.6) is 0 Å². The van der Waals surface area contributed by atoms with Gasteiger partial charge in [-0.3, -0.25) is 0 Å². The lowest BCUT2D eigenvalue weighted by molar-refractivity contribution is 0.669. The number of nitrogens with zero attached hydrogens (tertiary/aromatic N) is 2. The van der Waals surface area contributed by atoms with Gasteiger partial charge in [-0.05, 0) is 115 Å². The molecule has 0 atom stereocenters. The van der Waals surface area contributed by atoms with Crippen molar-refractivity contribution in [2.24, 2.45) is 0 Å². The third kappa shape index (κ3) is 4.31. The zero-order valence-corrected chi connectivity index (χ0v) is 28.1. The van der Waals surface area contributed by atoms with Crippen molar-refractivity contribution in [1.29, 1.82) is 0 Å². The Labute approximate surface area is 295 Å². The van der Waals surface area contributed by atoms with Crippen LogP contribution in [-0.4, -0.2) is 9.13 Å². The van der Waals surface area contributed by atoms with Crippen molar-refractivity contribution in [1.82, 2.24) is 9.13 Å². The van der Waals surface area contributed by atoms with Gasteiger partial charge in [0.1, 0.15) is 11.2 Å². The lowest BCUT2D eigenvalue weighted by Gasteiger charge is -2.14. The number of aromatic nitrogens is 2. The molecule has 0 amide bonds. The topological polar surface area (TPSA) is 23.0 Å². The monoisotopic (exact) mass is 654 g/mol. The van der Waals surface area contributed by atoms with E-state index in [-0.39, 0.29) is 0 Å². The van der Waals surface area contributed by atoms with E-state index in [0.29, 0.717) is 0 Å². The normalized spacial score (nSPS) is 14.8. The summed E-state index contributed by atoms with van der Waals surface area (Å²) in [4.78, 5) is 0. The number of hydrogen-bond donors (Lipinski definition) is 0. The van der Waals surface area contributed by atoms with Crippen LogP contribution in [0.1, 0.15) is 25.7 Å². The molecule has 0 aliphatic heterocycles. The Morgan fingerprint density at radius 1 is 0.431 bits per heavy atom. The lowest BCUT2D eigenvalue weighted by Crippen LogP contribution is -1.98. The zero-order chi connectivity index (χ0) is 33.5. The SMILES string of the molecule is C1=CCCC(n2c3ccccc3c3cc(-c4ccc5c(c4)c4cc(-c6cccc7oc8ccccc8c67)ccc4n5C4=CC=CCC4)ccc32)=C1. The van der Waals surface area contributed by atoms with E-state index in [0.717, 1.165) is 42.2 Å². The van der Waals surface area contributed by atoms with Gasteiger partial charge in [-0.1, -0.05) is 91.0 Å². The molecule has 9 aromatic rings. The number of furan rings is 1. The molecule has 0 spiro atoms. The molecule has 242 valence electrons. The van der Waals surface area contributed by atoms with Gasteiger partial charge in [0.05, 0.1) is 22.1 Å². The van der Waals surface area contributed by atoms with E-state index in [1.807, 2.05) is 6.07 Å². The number of hydrogen-bond acceptors (Lipinski definition) is 1. The standard InChI is InChI=1S/C48H34N2O/c1-3-12-34(13-4-1)49-42-19-9-7-16-37(42)39-28-31(22-25-43(39)49)32-23-26-44-40(29-32)41-30-33(24-27-45(41)50(44)35-14-5-2-6-15-35)36-18-11-21-47-48(36)38-17-8-10-20-46(38)51-47/h1-3,5,7-12,14,16-30H,4,6,13,15H2. The van der Waals surface area contributed by atoms with E-state index in [1.54, 1.807) is 0 Å². The molecular weight excluding hydrogens is 621 g/mol. The van der Waals surface area contributed by atoms with E-state index in [2.05, 4.69) is 161 Å². The maximum Gasteiger partial charge on any atom is 0.136 e. The van der Waals surface area contributed by atoms with Crippen molar-refractivity contribution in [2.45, 2.75) is 25.7 Å². The van der Waals surface area contributed by atoms with Crippen LogP contribution in [0.4, 0.5) is 0 Å². The van der Waals surface area contributed by atoms with Crippen LogP contribution in [0.3, 0.4) is 0 Å². The summed E-state index contributed by atoms with van der Waals surface area (Å²) in [5, 5.41) is 7.45. The first-order chi connectivity index (χ1) is 25.3. The fourth-order valence-corrected chi connectivity index (χ4v) is 8.71. The number of benzene rings is 6. The van der Waals surface area contributed by atoms with Crippen LogP contribution < -0.4 is 0 Å². The summed E-state index contributed by atoms with van der Waals surface area (Å²) in [6, 6.07) is 44.7. The van der Waals surface area contributed by atoms with Gasteiger partial charge in [0.2, 0.25) is 0 Å². The van der Waals surface area contributed by atoms with Crippen LogP contribution >= 0.6 is 0 Å². The van der Waals surface area contributed by atoms with E-state index < -0.39 is 0 Å². The van der Waals surface area contributed by atoms with E-state index in [4.69, 9.17) is 4.42 Å². The number of para-hydroxylation sites is 2. The predicted octanol–water partition coefficient (Wildman–Crippen LogP) is 13.5. The molecule has 0 saturated heterocycles. The molecule has 0 saturated carbocycles. The smallest absolute Gasteiger partial charge is 0.136 e. The minimum Gasteiger partial charge on any atom is -0.456 e. The van der Waals surface area contributed by atoms with Gasteiger partial charge in [0, 0.05) is 43.7 Å². The molecule has 2 aliphatic carbocycles. The minimum absolute atomic E-state index is 0.922. The highest BCUT2D eigenvalue weighted by Crippen LogP contribution is 2.42. The summed E-state index contributed by atoms with van der Waals surface area (Å²) in [6.07, 6.45) is 17.7. The molecule has 0 N–H and O–H groups in total. The van der Waals surface area contributed by atoms with Crippen LogP contribution in [0.25, 0.3) is 99.2 Å². The first-order valence-corrected chi connectivity index (χ1v) is 18.0. The molecule has 0 fully saturated rings. The molecule has 6 aromatic carbocycles. The highest BCUT2D eigenvalue weighted by Gasteiger charge is 2.19. The Hall–Kier alpha value is -6.32. The second-order valence-electron chi connectivity index (χ2n) is 13.9. The number of allylic oxidation sites excluding steroid dienone is 8. The first-order valence-electron chi connectivity index (χ1n) is 18.0. The maximum atomic E-state index is 6.29. The summed E-state index contributed by atoms with van der Waals surface area (Å²) in [7, 11) is 0. The van der Waals surface area contributed by atoms with E-state index in [9.17, 15) is 0 Å². The highest BCUT2D eigenvalue weighted by atomic mass is 16.3. The summed E-state index contributed by atoms with van der Waals surface area (Å²) in [5.74, 6) is 0. The van der Waals surface area contributed by atoms with Crippen LogP contribution in [-0.2, 0) is 0 Å². The quantitative estimate of drug-likeness (QED) is 0.185. The van der Waals surface area contributed by atoms with Gasteiger partial charge in [0.15, 0.2) is 0 Å². The Kier molecular flexibility index (Phi) is 6.20. The Balaban J connectivity index is 1.14. The van der Waals surface area contributed by atoms with E-state index in [1.165, 1.54) is 82.6 Å². The molecular formula is C48H34N2O. The highest BCUT2D eigenvalue weighted by molar-refractivity contribution is 6.16.